The lowest BCUT2D eigenvalue weighted by Gasteiger charge is -2.31. The Hall–Kier alpha value is -2.08. The molecule has 0 heterocycles. The molecule has 0 atom stereocenters. The van der Waals surface area contributed by atoms with Gasteiger partial charge in [0, 0.05) is 6.08 Å². The topological polar surface area (TPSA) is 50.1 Å². The molecule has 1 aromatic carbocycles. The molecule has 2 saturated carbocycles. The summed E-state index contributed by atoms with van der Waals surface area (Å²) in [4.78, 5) is 12.6. The van der Waals surface area contributed by atoms with Gasteiger partial charge in [0.15, 0.2) is 0 Å². The van der Waals surface area contributed by atoms with Crippen LogP contribution in [0.4, 0.5) is 0 Å². The molecular formula is C24H31NO2. The van der Waals surface area contributed by atoms with E-state index in [9.17, 15) is 4.79 Å². The van der Waals surface area contributed by atoms with Crippen molar-refractivity contribution in [1.29, 1.82) is 5.26 Å². The first-order valence-corrected chi connectivity index (χ1v) is 10.5. The van der Waals surface area contributed by atoms with Gasteiger partial charge in [0.25, 0.3) is 0 Å². The largest absolute Gasteiger partial charge is 0.462 e. The molecule has 2 aliphatic carbocycles. The summed E-state index contributed by atoms with van der Waals surface area (Å²) in [7, 11) is 0. The van der Waals surface area contributed by atoms with E-state index < -0.39 is 0 Å². The zero-order valence-corrected chi connectivity index (χ0v) is 16.4. The van der Waals surface area contributed by atoms with Crippen molar-refractivity contribution in [3.63, 3.8) is 0 Å². The average molecular weight is 366 g/mol. The highest BCUT2D eigenvalue weighted by molar-refractivity contribution is 5.72. The van der Waals surface area contributed by atoms with E-state index >= 15 is 0 Å². The summed E-state index contributed by atoms with van der Waals surface area (Å²) in [5.74, 6) is 1.15. The van der Waals surface area contributed by atoms with E-state index in [0.29, 0.717) is 11.8 Å². The van der Waals surface area contributed by atoms with Crippen molar-refractivity contribution in [2.24, 2.45) is 11.8 Å². The number of hydrogen-bond donors (Lipinski definition) is 0. The van der Waals surface area contributed by atoms with Crippen LogP contribution in [0.3, 0.4) is 0 Å². The van der Waals surface area contributed by atoms with Crippen LogP contribution >= 0.6 is 0 Å². The van der Waals surface area contributed by atoms with Crippen LogP contribution in [0.25, 0.3) is 0 Å². The normalized spacial score (nSPS) is 28.6. The van der Waals surface area contributed by atoms with E-state index in [1.165, 1.54) is 11.1 Å². The van der Waals surface area contributed by atoms with Crippen molar-refractivity contribution >= 4 is 5.97 Å². The second kappa shape index (κ2) is 9.74. The quantitative estimate of drug-likeness (QED) is 0.496. The van der Waals surface area contributed by atoms with Crippen molar-refractivity contribution in [3.05, 3.63) is 47.5 Å². The van der Waals surface area contributed by atoms with Crippen LogP contribution in [-0.2, 0) is 16.0 Å². The minimum absolute atomic E-state index is 0.0193. The first-order chi connectivity index (χ1) is 13.2. The van der Waals surface area contributed by atoms with Crippen LogP contribution < -0.4 is 0 Å². The molecule has 3 rings (SSSR count). The van der Waals surface area contributed by atoms with Crippen LogP contribution in [0.1, 0.15) is 75.3 Å². The summed E-state index contributed by atoms with van der Waals surface area (Å²) in [5.41, 5.74) is 2.80. The van der Waals surface area contributed by atoms with Gasteiger partial charge in [-0.1, -0.05) is 37.3 Å². The average Bonchev–Trinajstić information content (AvgIpc) is 2.73. The number of hydrogen-bond acceptors (Lipinski definition) is 3. The zero-order valence-electron chi connectivity index (χ0n) is 16.4. The van der Waals surface area contributed by atoms with E-state index in [-0.39, 0.29) is 18.0 Å². The molecule has 0 spiro atoms. The summed E-state index contributed by atoms with van der Waals surface area (Å²) >= 11 is 0. The minimum atomic E-state index is 0.0193. The molecule has 0 bridgehead atoms. The molecule has 3 heteroatoms. The smallest absolute Gasteiger partial charge is 0.309 e. The molecule has 0 radical (unpaired) electrons. The van der Waals surface area contributed by atoms with Crippen LogP contribution in [0.15, 0.2) is 36.4 Å². The molecular weight excluding hydrogens is 334 g/mol. The minimum Gasteiger partial charge on any atom is -0.462 e. The van der Waals surface area contributed by atoms with Crippen LogP contribution in [0.2, 0.25) is 0 Å². The molecule has 0 aliphatic heterocycles. The van der Waals surface area contributed by atoms with Crippen molar-refractivity contribution in [1.82, 2.24) is 0 Å². The van der Waals surface area contributed by atoms with Gasteiger partial charge >= 0.3 is 5.97 Å². The van der Waals surface area contributed by atoms with E-state index in [0.717, 1.165) is 57.8 Å². The maximum absolute atomic E-state index is 12.6. The summed E-state index contributed by atoms with van der Waals surface area (Å²) in [6.07, 6.45) is 12.6. The van der Waals surface area contributed by atoms with Gasteiger partial charge in [-0.3, -0.25) is 4.79 Å². The second-order valence-corrected chi connectivity index (χ2v) is 8.11. The first kappa shape index (κ1) is 19.7. The van der Waals surface area contributed by atoms with Crippen LogP contribution in [-0.4, -0.2) is 12.1 Å². The van der Waals surface area contributed by atoms with Gasteiger partial charge < -0.3 is 4.74 Å². The number of carbonyl (C=O) groups is 1. The Labute approximate surface area is 163 Å². The highest BCUT2D eigenvalue weighted by atomic mass is 16.5. The fraction of sp³-hybridized carbons (Fsp3) is 0.583. The molecule has 1 aromatic rings. The number of nitriles is 1. The molecule has 27 heavy (non-hydrogen) atoms. The SMILES string of the molecule is CCc1ccc([C@H]2CC[C@H](C(=O)O[C@H]3CC[C@H](C=CC#N)CC3)CC2)cc1. The molecule has 0 N–H and O–H groups in total. The first-order valence-electron chi connectivity index (χ1n) is 10.5. The maximum atomic E-state index is 12.6. The van der Waals surface area contributed by atoms with E-state index in [4.69, 9.17) is 10.00 Å². The molecule has 0 amide bonds. The maximum Gasteiger partial charge on any atom is 0.309 e. The van der Waals surface area contributed by atoms with Crippen LogP contribution in [0.5, 0.6) is 0 Å². The third kappa shape index (κ3) is 5.45. The van der Waals surface area contributed by atoms with Crippen LogP contribution in [0, 0.1) is 23.2 Å². The Morgan fingerprint density at radius 2 is 1.74 bits per heavy atom. The van der Waals surface area contributed by atoms with Crippen molar-refractivity contribution in [2.45, 2.75) is 76.7 Å². The fourth-order valence-corrected chi connectivity index (χ4v) is 4.53. The number of benzene rings is 1. The second-order valence-electron chi connectivity index (χ2n) is 8.11. The van der Waals surface area contributed by atoms with E-state index in [1.807, 2.05) is 6.08 Å². The highest BCUT2D eigenvalue weighted by Gasteiger charge is 2.30. The van der Waals surface area contributed by atoms with Gasteiger partial charge in [-0.05, 0) is 80.8 Å². The van der Waals surface area contributed by atoms with Crippen molar-refractivity contribution < 1.29 is 9.53 Å². The lowest BCUT2D eigenvalue weighted by molar-refractivity contribution is -0.157. The number of carbonyl (C=O) groups excluding carboxylic acids is 1. The summed E-state index contributed by atoms with van der Waals surface area (Å²) in [5, 5.41) is 8.62. The molecule has 2 aliphatic rings. The number of nitrogens with zero attached hydrogens (tertiary/aromatic N) is 1. The Balaban J connectivity index is 1.42. The summed E-state index contributed by atoms with van der Waals surface area (Å²) in [6.45, 7) is 2.18. The summed E-state index contributed by atoms with van der Waals surface area (Å²) in [6, 6.07) is 11.1. The lowest BCUT2D eigenvalue weighted by atomic mass is 9.78. The van der Waals surface area contributed by atoms with Gasteiger partial charge in [-0.15, -0.1) is 0 Å². The predicted octanol–water partition coefficient (Wildman–Crippen LogP) is 5.70. The molecule has 0 saturated heterocycles. The number of ether oxygens (including phenoxy) is 1. The Morgan fingerprint density at radius 1 is 1.07 bits per heavy atom. The van der Waals surface area contributed by atoms with E-state index in [2.05, 4.69) is 37.3 Å². The molecule has 0 unspecified atom stereocenters. The Morgan fingerprint density at radius 3 is 2.33 bits per heavy atom. The molecule has 0 aromatic heterocycles. The lowest BCUT2D eigenvalue weighted by Crippen LogP contribution is -2.29. The van der Waals surface area contributed by atoms with Gasteiger partial charge in [0.2, 0.25) is 0 Å². The third-order valence-corrected chi connectivity index (χ3v) is 6.36. The summed E-state index contributed by atoms with van der Waals surface area (Å²) < 4.78 is 5.83. The monoisotopic (exact) mass is 365 g/mol. The van der Waals surface area contributed by atoms with Crippen molar-refractivity contribution in [3.8, 4) is 6.07 Å². The molecule has 2 fully saturated rings. The Kier molecular flexibility index (Phi) is 7.10. The molecule has 3 nitrogen and oxygen atoms in total. The fourth-order valence-electron chi connectivity index (χ4n) is 4.53. The van der Waals surface area contributed by atoms with Gasteiger partial charge in [-0.25, -0.2) is 0 Å². The van der Waals surface area contributed by atoms with Gasteiger partial charge in [-0.2, -0.15) is 5.26 Å². The van der Waals surface area contributed by atoms with Gasteiger partial charge in [0.05, 0.1) is 12.0 Å². The number of esters is 1. The number of aryl methyl sites for hydroxylation is 1. The van der Waals surface area contributed by atoms with Gasteiger partial charge in [0.1, 0.15) is 6.10 Å². The van der Waals surface area contributed by atoms with E-state index in [1.54, 1.807) is 6.08 Å². The van der Waals surface area contributed by atoms with Crippen molar-refractivity contribution in [2.75, 3.05) is 0 Å². The third-order valence-electron chi connectivity index (χ3n) is 6.36. The number of allylic oxidation sites excluding steroid dienone is 2. The predicted molar refractivity (Wildman–Crippen MR) is 107 cm³/mol. The Bertz CT molecular complexity index is 669. The molecule has 144 valence electrons. The standard InChI is InChI=1S/C24H31NO2/c1-2-18-5-9-20(10-6-18)21-11-13-22(14-12-21)24(26)27-23-15-7-19(8-16-23)4-3-17-25/h3-6,9-10,19,21-23H,2,7-8,11-16H2,1H3/t19-,21-,22-,23-. The highest BCUT2D eigenvalue weighted by Crippen LogP contribution is 2.37. The zero-order chi connectivity index (χ0) is 19.1. The number of rotatable bonds is 5.